The van der Waals surface area contributed by atoms with Crippen molar-refractivity contribution in [2.75, 3.05) is 48.5 Å². The smallest absolute Gasteiger partial charge is 0.315 e. The fourth-order valence-electron chi connectivity index (χ4n) is 4.51. The minimum absolute atomic E-state index is 0.0357. The Kier molecular flexibility index (Phi) is 27.0. The summed E-state index contributed by atoms with van der Waals surface area (Å²) < 4.78 is 4.25. The van der Waals surface area contributed by atoms with Crippen LogP contribution >= 0.6 is 0 Å². The van der Waals surface area contributed by atoms with Gasteiger partial charge in [-0.25, -0.2) is 4.79 Å². The van der Waals surface area contributed by atoms with E-state index in [-0.39, 0.29) is 36.9 Å². The predicted molar refractivity (Wildman–Crippen MR) is 184 cm³/mol. The monoisotopic (exact) mass is 644 g/mol. The second-order valence-electron chi connectivity index (χ2n) is 10.6. The quantitative estimate of drug-likeness (QED) is 0.0999. The lowest BCUT2D eigenvalue weighted by atomic mass is 9.87. The second-order valence-corrected chi connectivity index (χ2v) is 10.6. The number of carbonyl (C=O) groups is 5. The zero-order valence-electron chi connectivity index (χ0n) is 28.5. The molecule has 0 aromatic rings. The third-order valence-corrected chi connectivity index (χ3v) is 6.69. The van der Waals surface area contributed by atoms with Crippen LogP contribution in [0.3, 0.4) is 0 Å². The summed E-state index contributed by atoms with van der Waals surface area (Å²) in [5, 5.41) is 12.8. The highest BCUT2D eigenvalue weighted by molar-refractivity contribution is 6.38. The van der Waals surface area contributed by atoms with Crippen molar-refractivity contribution in [2.45, 2.75) is 70.0 Å². The molecule has 12 nitrogen and oxygen atoms in total. The van der Waals surface area contributed by atoms with Gasteiger partial charge in [0.15, 0.2) is 0 Å². The van der Waals surface area contributed by atoms with Crippen LogP contribution in [0.4, 0.5) is 4.79 Å². The molecule has 1 fully saturated rings. The summed E-state index contributed by atoms with van der Waals surface area (Å²) >= 11 is 0. The third-order valence-electron chi connectivity index (χ3n) is 6.69. The number of ether oxygens (including phenoxy) is 1. The molecule has 1 aliphatic heterocycles. The van der Waals surface area contributed by atoms with Gasteiger partial charge in [0.2, 0.25) is 18.1 Å². The van der Waals surface area contributed by atoms with Gasteiger partial charge in [-0.2, -0.15) is 0 Å². The van der Waals surface area contributed by atoms with Gasteiger partial charge in [0.05, 0.1) is 6.04 Å². The third kappa shape index (κ3) is 19.2. The molecule has 46 heavy (non-hydrogen) atoms. The van der Waals surface area contributed by atoms with Gasteiger partial charge < -0.3 is 36.2 Å². The van der Waals surface area contributed by atoms with Gasteiger partial charge >= 0.3 is 6.03 Å². The van der Waals surface area contributed by atoms with Crippen molar-refractivity contribution < 1.29 is 28.7 Å². The van der Waals surface area contributed by atoms with Crippen LogP contribution in [-0.4, -0.2) is 102 Å². The zero-order chi connectivity index (χ0) is 35.3. The molecule has 12 heteroatoms. The number of nitrogens with zero attached hydrogens (tertiary/aromatic N) is 1. The number of carbonyl (C=O) groups excluding carboxylic acids is 5. The maximum absolute atomic E-state index is 13.1. The normalized spacial score (nSPS) is 19.2. The molecular formula is C34H56N6O6. The predicted octanol–water partition coefficient (Wildman–Crippen LogP) is 2.25. The molecule has 5 amide bonds. The summed E-state index contributed by atoms with van der Waals surface area (Å²) in [6, 6.07) is -1.44. The molecule has 1 saturated heterocycles. The molecule has 0 saturated carbocycles. The molecule has 4 unspecified atom stereocenters. The molecule has 0 spiro atoms. The van der Waals surface area contributed by atoms with E-state index in [0.717, 1.165) is 37.8 Å². The summed E-state index contributed by atoms with van der Waals surface area (Å²) in [6.07, 6.45) is 20.0. The molecule has 5 N–H and O–H groups in total. The fourth-order valence-corrected chi connectivity index (χ4v) is 4.51. The van der Waals surface area contributed by atoms with Gasteiger partial charge in [0.25, 0.3) is 5.91 Å². The number of ketones is 1. The van der Waals surface area contributed by atoms with E-state index >= 15 is 0 Å². The van der Waals surface area contributed by atoms with Crippen molar-refractivity contribution in [3.05, 3.63) is 49.1 Å². The number of allylic oxidation sites excluding steroid dienone is 5. The Hall–Kier alpha value is -4.21. The van der Waals surface area contributed by atoms with Crippen molar-refractivity contribution >= 4 is 30.0 Å². The number of Topliss-reactive ketones (excluding diaryl/α,β-unsaturated/α-hetero) is 1. The molecule has 2 aliphatic rings. The molecule has 4 atom stereocenters. The van der Waals surface area contributed by atoms with Crippen molar-refractivity contribution in [1.82, 2.24) is 31.5 Å². The number of hydrogen-bond acceptors (Lipinski definition) is 7. The van der Waals surface area contributed by atoms with Crippen molar-refractivity contribution in [3.8, 4) is 12.3 Å². The Balaban J connectivity index is 0. The van der Waals surface area contributed by atoms with E-state index in [1.54, 1.807) is 21.3 Å². The lowest BCUT2D eigenvalue weighted by molar-refractivity contribution is -0.139. The number of nitrogens with one attached hydrogen (secondary N) is 5. The fraction of sp³-hybridized carbons (Fsp3) is 0.559. The number of likely N-dealkylation sites (tertiary alicyclic amines) is 1. The first-order chi connectivity index (χ1) is 22.0. The SMILES string of the molecule is C#CCCC(NC=O)C(=O)C(=O)NCC=C.C=C1/C=C\C=C/CCC(C(NC(=O)NC)C(=O)N2CCCC2C)C1.CNC.COC. The molecule has 0 radical (unpaired) electrons. The van der Waals surface area contributed by atoms with Crippen molar-refractivity contribution in [2.24, 2.45) is 5.92 Å². The van der Waals surface area contributed by atoms with E-state index in [1.807, 2.05) is 37.2 Å². The molecule has 258 valence electrons. The Morgan fingerprint density at radius 2 is 1.83 bits per heavy atom. The highest BCUT2D eigenvalue weighted by Gasteiger charge is 2.36. The van der Waals surface area contributed by atoms with Gasteiger partial charge in [-0.3, -0.25) is 19.2 Å². The van der Waals surface area contributed by atoms with Crippen LogP contribution in [0.1, 0.15) is 51.9 Å². The summed E-state index contributed by atoms with van der Waals surface area (Å²) in [4.78, 5) is 60.0. The van der Waals surface area contributed by atoms with Gasteiger partial charge in [-0.05, 0) is 65.5 Å². The number of hydrogen-bond donors (Lipinski definition) is 5. The van der Waals surface area contributed by atoms with E-state index in [9.17, 15) is 24.0 Å². The van der Waals surface area contributed by atoms with E-state index in [4.69, 9.17) is 6.42 Å². The van der Waals surface area contributed by atoms with Crippen LogP contribution < -0.4 is 26.6 Å². The molecular weight excluding hydrogens is 588 g/mol. The second kappa shape index (κ2) is 28.3. The molecule has 0 aromatic carbocycles. The molecule has 1 heterocycles. The summed E-state index contributed by atoms with van der Waals surface area (Å²) in [5.41, 5.74) is 0.984. The molecule has 2 rings (SSSR count). The van der Waals surface area contributed by atoms with Crippen LogP contribution in [0.5, 0.6) is 0 Å². The first-order valence-corrected chi connectivity index (χ1v) is 15.4. The first-order valence-electron chi connectivity index (χ1n) is 15.4. The zero-order valence-corrected chi connectivity index (χ0v) is 28.5. The maximum Gasteiger partial charge on any atom is 0.315 e. The van der Waals surface area contributed by atoms with Crippen LogP contribution in [0.15, 0.2) is 49.1 Å². The average Bonchev–Trinajstić information content (AvgIpc) is 3.51. The lowest BCUT2D eigenvalue weighted by Crippen LogP contribution is -2.54. The Morgan fingerprint density at radius 1 is 1.17 bits per heavy atom. The van der Waals surface area contributed by atoms with Crippen LogP contribution in [0.25, 0.3) is 0 Å². The van der Waals surface area contributed by atoms with Crippen LogP contribution in [0.2, 0.25) is 0 Å². The highest BCUT2D eigenvalue weighted by Crippen LogP contribution is 2.26. The molecule has 0 bridgehead atoms. The largest absolute Gasteiger partial charge is 0.388 e. The van der Waals surface area contributed by atoms with Gasteiger partial charge in [-0.1, -0.05) is 42.5 Å². The van der Waals surface area contributed by atoms with Gasteiger partial charge in [0.1, 0.15) is 6.04 Å². The number of amides is 5. The number of methoxy groups -OCH3 is 1. The van der Waals surface area contributed by atoms with Gasteiger partial charge in [0, 0.05) is 46.8 Å². The Bertz CT molecular complexity index is 1050. The average molecular weight is 645 g/mol. The van der Waals surface area contributed by atoms with Gasteiger partial charge in [-0.15, -0.1) is 18.9 Å². The van der Waals surface area contributed by atoms with E-state index in [2.05, 4.69) is 63.4 Å². The number of terminal acetylenes is 1. The minimum atomic E-state index is -0.863. The summed E-state index contributed by atoms with van der Waals surface area (Å²) in [6.45, 7) is 10.5. The highest BCUT2D eigenvalue weighted by atomic mass is 16.4. The Morgan fingerprint density at radius 3 is 2.35 bits per heavy atom. The standard InChI is InChI=1S/C19H29N3O2.C11H14N2O3.C2H7N.C2H6O/c1-14-9-6-4-5-7-11-16(13-14)17(21-19(24)20-3)18(23)22-12-8-10-15(22)2;1-3-5-6-9(13-8-14)10(15)11(16)12-7-4-2;2*1-3-2/h4-6,9,15-17H,1,7-8,10-13H2,2-3H3,(H2,20,21,24);1,4,8-9H,2,5-7H2,(H,12,16)(H,13,14);3H,1-2H3;1-2H3/b5-4-,9-6-;;;. The number of urea groups is 1. The number of rotatable bonds is 11. The molecule has 0 aromatic heterocycles. The lowest BCUT2D eigenvalue weighted by Gasteiger charge is -2.32. The minimum Gasteiger partial charge on any atom is -0.388 e. The van der Waals surface area contributed by atoms with Crippen LogP contribution in [0, 0.1) is 18.3 Å². The Labute approximate surface area is 275 Å². The van der Waals surface area contributed by atoms with Crippen molar-refractivity contribution in [1.29, 1.82) is 0 Å². The maximum atomic E-state index is 13.1. The van der Waals surface area contributed by atoms with E-state index in [1.165, 1.54) is 6.08 Å². The van der Waals surface area contributed by atoms with E-state index < -0.39 is 23.8 Å². The first kappa shape index (κ1) is 43.9. The summed E-state index contributed by atoms with van der Waals surface area (Å²) in [7, 11) is 8.57. The summed E-state index contributed by atoms with van der Waals surface area (Å²) in [5.74, 6) is 0.959. The topological polar surface area (TPSA) is 158 Å². The van der Waals surface area contributed by atoms with Crippen LogP contribution in [-0.2, 0) is 23.9 Å². The molecule has 1 aliphatic carbocycles. The van der Waals surface area contributed by atoms with E-state index in [0.29, 0.717) is 19.3 Å². The van der Waals surface area contributed by atoms with Crippen molar-refractivity contribution in [3.63, 3.8) is 0 Å².